The highest BCUT2D eigenvalue weighted by molar-refractivity contribution is 6.30. The molecule has 0 atom stereocenters. The smallest absolute Gasteiger partial charge is 0.155 e. The molecule has 2 aromatic heterocycles. The van der Waals surface area contributed by atoms with Gasteiger partial charge in [0.05, 0.1) is 0 Å². The van der Waals surface area contributed by atoms with Crippen LogP contribution in [0.1, 0.15) is 35.0 Å². The van der Waals surface area contributed by atoms with Gasteiger partial charge in [0.2, 0.25) is 0 Å². The number of fused-ring (bicyclic) bond motifs is 1. The lowest BCUT2D eigenvalue weighted by Gasteiger charge is -2.06. The summed E-state index contributed by atoms with van der Waals surface area (Å²) in [5.41, 5.74) is 7.20. The van der Waals surface area contributed by atoms with Crippen LogP contribution in [0.25, 0.3) is 10.9 Å². The van der Waals surface area contributed by atoms with E-state index < -0.39 is 0 Å². The fourth-order valence-electron chi connectivity index (χ4n) is 2.80. The Bertz CT molecular complexity index is 800. The van der Waals surface area contributed by atoms with Crippen molar-refractivity contribution in [3.05, 3.63) is 51.4 Å². The molecule has 116 valence electrons. The van der Waals surface area contributed by atoms with Crippen LogP contribution in [-0.2, 0) is 19.5 Å². The Kier molecular flexibility index (Phi) is 4.23. The van der Waals surface area contributed by atoms with Gasteiger partial charge < -0.3 is 10.3 Å². The third-order valence-corrected chi connectivity index (χ3v) is 4.57. The third-order valence-electron chi connectivity index (χ3n) is 4.26. The highest BCUT2D eigenvalue weighted by Gasteiger charge is 2.10. The zero-order valence-electron chi connectivity index (χ0n) is 13.2. The molecule has 0 bridgehead atoms. The highest BCUT2D eigenvalue weighted by Crippen LogP contribution is 2.22. The maximum atomic E-state index is 6.12. The molecule has 0 unspecified atom stereocenters. The van der Waals surface area contributed by atoms with Crippen LogP contribution in [-0.4, -0.2) is 15.2 Å². The molecular weight excluding hydrogens is 296 g/mol. The molecule has 0 saturated carbocycles. The maximum absolute atomic E-state index is 6.12. The largest absolute Gasteiger partial charge is 0.358 e. The first kappa shape index (κ1) is 15.1. The molecule has 0 aliphatic heterocycles. The molecule has 4 nitrogen and oxygen atoms in total. The summed E-state index contributed by atoms with van der Waals surface area (Å²) in [4.78, 5) is 3.40. The van der Waals surface area contributed by atoms with Gasteiger partial charge in [-0.05, 0) is 43.5 Å². The molecule has 0 fully saturated rings. The Balaban J connectivity index is 1.71. The topological polar surface area (TPSA) is 56.5 Å². The van der Waals surface area contributed by atoms with Crippen molar-refractivity contribution in [2.24, 2.45) is 0 Å². The van der Waals surface area contributed by atoms with E-state index in [9.17, 15) is 0 Å². The van der Waals surface area contributed by atoms with Gasteiger partial charge in [0.15, 0.2) is 5.15 Å². The summed E-state index contributed by atoms with van der Waals surface area (Å²) in [5, 5.41) is 12.4. The second-order valence-corrected chi connectivity index (χ2v) is 6.04. The van der Waals surface area contributed by atoms with Gasteiger partial charge >= 0.3 is 0 Å². The predicted molar refractivity (Wildman–Crippen MR) is 91.3 cm³/mol. The SMILES string of the molecule is CCc1[nH]nc(Cl)c1CNCc1ccc2[nH]c(C)c(C)c2c1. The summed E-state index contributed by atoms with van der Waals surface area (Å²) in [7, 11) is 0. The molecule has 2 heterocycles. The van der Waals surface area contributed by atoms with Crippen LogP contribution < -0.4 is 5.32 Å². The van der Waals surface area contributed by atoms with E-state index >= 15 is 0 Å². The first-order chi connectivity index (χ1) is 10.6. The van der Waals surface area contributed by atoms with Gasteiger partial charge in [-0.25, -0.2) is 0 Å². The average molecular weight is 317 g/mol. The monoisotopic (exact) mass is 316 g/mol. The maximum Gasteiger partial charge on any atom is 0.155 e. The zero-order chi connectivity index (χ0) is 15.7. The summed E-state index contributed by atoms with van der Waals surface area (Å²) < 4.78 is 0. The molecule has 0 amide bonds. The molecule has 3 aromatic rings. The first-order valence-electron chi connectivity index (χ1n) is 7.60. The van der Waals surface area contributed by atoms with E-state index in [-0.39, 0.29) is 0 Å². The van der Waals surface area contributed by atoms with E-state index in [1.54, 1.807) is 0 Å². The molecule has 22 heavy (non-hydrogen) atoms. The van der Waals surface area contributed by atoms with E-state index in [1.165, 1.54) is 27.7 Å². The average Bonchev–Trinajstić information content (AvgIpc) is 3.01. The van der Waals surface area contributed by atoms with Crippen molar-refractivity contribution >= 4 is 22.5 Å². The molecule has 1 aromatic carbocycles. The quantitative estimate of drug-likeness (QED) is 0.666. The Hall–Kier alpha value is -1.78. The number of hydrogen-bond acceptors (Lipinski definition) is 2. The Labute approximate surface area is 135 Å². The molecule has 0 aliphatic carbocycles. The minimum absolute atomic E-state index is 0.567. The number of hydrogen-bond donors (Lipinski definition) is 3. The van der Waals surface area contributed by atoms with Crippen molar-refractivity contribution < 1.29 is 0 Å². The highest BCUT2D eigenvalue weighted by atomic mass is 35.5. The van der Waals surface area contributed by atoms with E-state index in [2.05, 4.69) is 59.5 Å². The molecule has 3 rings (SSSR count). The van der Waals surface area contributed by atoms with Crippen molar-refractivity contribution in [2.75, 3.05) is 0 Å². The number of rotatable bonds is 5. The minimum Gasteiger partial charge on any atom is -0.358 e. The van der Waals surface area contributed by atoms with Crippen LogP contribution in [0.3, 0.4) is 0 Å². The Morgan fingerprint density at radius 2 is 2.05 bits per heavy atom. The standard InChI is InChI=1S/C17H21ClN4/c1-4-15-14(17(18)22-21-15)9-19-8-12-5-6-16-13(7-12)10(2)11(3)20-16/h5-7,19-20H,4,8-9H2,1-3H3,(H,21,22). The minimum atomic E-state index is 0.567. The summed E-state index contributed by atoms with van der Waals surface area (Å²) in [6.07, 6.45) is 0.907. The van der Waals surface area contributed by atoms with Gasteiger partial charge in [0, 0.05) is 40.9 Å². The van der Waals surface area contributed by atoms with Crippen LogP contribution >= 0.6 is 11.6 Å². The lowest BCUT2D eigenvalue weighted by atomic mass is 10.1. The first-order valence-corrected chi connectivity index (χ1v) is 7.98. The van der Waals surface area contributed by atoms with Crippen molar-refractivity contribution in [3.8, 4) is 0 Å². The predicted octanol–water partition coefficient (Wildman–Crippen LogP) is 4.01. The summed E-state index contributed by atoms with van der Waals surface area (Å²) in [6.45, 7) is 7.90. The number of halogens is 1. The number of aromatic amines is 2. The number of nitrogens with one attached hydrogen (secondary N) is 3. The van der Waals surface area contributed by atoms with Crippen molar-refractivity contribution in [1.82, 2.24) is 20.5 Å². The van der Waals surface area contributed by atoms with Crippen LogP contribution in [0.15, 0.2) is 18.2 Å². The molecule has 0 aliphatic rings. The molecule has 0 radical (unpaired) electrons. The molecule has 5 heteroatoms. The fraction of sp³-hybridized carbons (Fsp3) is 0.353. The van der Waals surface area contributed by atoms with Gasteiger partial charge in [-0.1, -0.05) is 24.6 Å². The number of nitrogens with zero attached hydrogens (tertiary/aromatic N) is 1. The van der Waals surface area contributed by atoms with Crippen LogP contribution in [0.5, 0.6) is 0 Å². The van der Waals surface area contributed by atoms with Crippen LogP contribution in [0.2, 0.25) is 5.15 Å². The van der Waals surface area contributed by atoms with E-state index in [0.29, 0.717) is 5.15 Å². The molecular formula is C17H21ClN4. The molecule has 3 N–H and O–H groups in total. The summed E-state index contributed by atoms with van der Waals surface area (Å²) in [6, 6.07) is 6.55. The van der Waals surface area contributed by atoms with E-state index in [0.717, 1.165) is 30.8 Å². The second kappa shape index (κ2) is 6.15. The van der Waals surface area contributed by atoms with Crippen molar-refractivity contribution in [1.29, 1.82) is 0 Å². The van der Waals surface area contributed by atoms with Crippen LogP contribution in [0, 0.1) is 13.8 Å². The van der Waals surface area contributed by atoms with E-state index in [4.69, 9.17) is 11.6 Å². The Morgan fingerprint density at radius 1 is 1.23 bits per heavy atom. The lowest BCUT2D eigenvalue weighted by molar-refractivity contribution is 0.689. The summed E-state index contributed by atoms with van der Waals surface area (Å²) in [5.74, 6) is 0. The second-order valence-electron chi connectivity index (χ2n) is 5.68. The van der Waals surface area contributed by atoms with Crippen molar-refractivity contribution in [3.63, 3.8) is 0 Å². The fourth-order valence-corrected chi connectivity index (χ4v) is 3.02. The zero-order valence-corrected chi connectivity index (χ0v) is 13.9. The number of H-pyrrole nitrogens is 2. The molecule has 0 saturated heterocycles. The lowest BCUT2D eigenvalue weighted by Crippen LogP contribution is -2.13. The van der Waals surface area contributed by atoms with E-state index in [1.807, 2.05) is 0 Å². The molecule has 0 spiro atoms. The van der Waals surface area contributed by atoms with Crippen LogP contribution in [0.4, 0.5) is 0 Å². The number of aryl methyl sites for hydroxylation is 3. The van der Waals surface area contributed by atoms with Crippen molar-refractivity contribution in [2.45, 2.75) is 40.3 Å². The van der Waals surface area contributed by atoms with Gasteiger partial charge in [-0.15, -0.1) is 0 Å². The van der Waals surface area contributed by atoms with Gasteiger partial charge in [0.25, 0.3) is 0 Å². The number of aromatic nitrogens is 3. The van der Waals surface area contributed by atoms with Gasteiger partial charge in [0.1, 0.15) is 0 Å². The summed E-state index contributed by atoms with van der Waals surface area (Å²) >= 11 is 6.12. The van der Waals surface area contributed by atoms with Gasteiger partial charge in [-0.2, -0.15) is 5.10 Å². The Morgan fingerprint density at radius 3 is 2.82 bits per heavy atom. The third kappa shape index (κ3) is 2.76. The number of benzene rings is 1. The van der Waals surface area contributed by atoms with Gasteiger partial charge in [-0.3, -0.25) is 5.10 Å². The normalized spacial score (nSPS) is 11.5.